The van der Waals surface area contributed by atoms with E-state index >= 15 is 0 Å². The minimum atomic E-state index is -0.382. The molecule has 15 heavy (non-hydrogen) atoms. The Kier molecular flexibility index (Phi) is 7.67. The Hall–Kier alpha value is -1.07. The maximum absolute atomic E-state index is 9.52. The summed E-state index contributed by atoms with van der Waals surface area (Å²) in [7, 11) is 0. The first-order valence-corrected chi connectivity index (χ1v) is 5.44. The van der Waals surface area contributed by atoms with Crippen LogP contribution in [-0.4, -0.2) is 11.2 Å². The van der Waals surface area contributed by atoms with Crippen LogP contribution in [0.2, 0.25) is 0 Å². The van der Waals surface area contributed by atoms with Crippen LogP contribution >= 0.6 is 0 Å². The van der Waals surface area contributed by atoms with Crippen molar-refractivity contribution in [2.24, 2.45) is 0 Å². The summed E-state index contributed by atoms with van der Waals surface area (Å²) in [6.07, 6.45) is 5.93. The molecule has 2 heteroatoms. The lowest BCUT2D eigenvalue weighted by atomic mass is 10.0. The molecule has 0 amide bonds. The molecule has 2 nitrogen and oxygen atoms in total. The summed E-state index contributed by atoms with van der Waals surface area (Å²) in [6, 6.07) is 2.13. The second kappa shape index (κ2) is 8.26. The molecule has 0 saturated heterocycles. The van der Waals surface area contributed by atoms with Crippen molar-refractivity contribution in [3.05, 3.63) is 23.8 Å². The number of aliphatic hydroxyl groups is 1. The number of aliphatic hydroxyl groups excluding tert-OH is 1. The third-order valence-electron chi connectivity index (χ3n) is 2.37. The average Bonchev–Trinajstić information content (AvgIpc) is 2.20. The molecule has 0 aromatic carbocycles. The minimum absolute atomic E-state index is 0.382. The predicted octanol–water partition coefficient (Wildman–Crippen LogP) is 3.34. The Morgan fingerprint density at radius 1 is 1.53 bits per heavy atom. The van der Waals surface area contributed by atoms with Gasteiger partial charge in [0.25, 0.3) is 0 Å². The number of hydrogen-bond acceptors (Lipinski definition) is 2. The van der Waals surface area contributed by atoms with Crippen molar-refractivity contribution >= 4 is 0 Å². The molecule has 0 radical (unpaired) electrons. The van der Waals surface area contributed by atoms with Gasteiger partial charge in [0.05, 0.1) is 12.2 Å². The molecular weight excluding hydrogens is 186 g/mol. The van der Waals surface area contributed by atoms with Crippen LogP contribution in [0.5, 0.6) is 0 Å². The molecule has 0 aliphatic rings. The van der Waals surface area contributed by atoms with Crippen LogP contribution < -0.4 is 0 Å². The highest BCUT2D eigenvalue weighted by molar-refractivity contribution is 5.02. The van der Waals surface area contributed by atoms with Gasteiger partial charge in [0, 0.05) is 6.42 Å². The molecule has 0 aliphatic heterocycles. The number of unbranched alkanes of at least 4 members (excludes halogenated alkanes) is 2. The maximum Gasteiger partial charge on any atom is 0.0747 e. The number of rotatable bonds is 7. The summed E-state index contributed by atoms with van der Waals surface area (Å²) in [6.45, 7) is 7.62. The van der Waals surface area contributed by atoms with Gasteiger partial charge < -0.3 is 5.11 Å². The molecule has 0 heterocycles. The van der Waals surface area contributed by atoms with Crippen LogP contribution in [0.1, 0.15) is 46.0 Å². The maximum atomic E-state index is 9.52. The predicted molar refractivity (Wildman–Crippen MR) is 63.3 cm³/mol. The van der Waals surface area contributed by atoms with Crippen LogP contribution in [0.3, 0.4) is 0 Å². The van der Waals surface area contributed by atoms with Gasteiger partial charge in [-0.05, 0) is 39.5 Å². The second-order valence-electron chi connectivity index (χ2n) is 4.00. The van der Waals surface area contributed by atoms with E-state index in [0.717, 1.165) is 31.3 Å². The van der Waals surface area contributed by atoms with Crippen LogP contribution in [0, 0.1) is 11.3 Å². The summed E-state index contributed by atoms with van der Waals surface area (Å²) in [5.74, 6) is 0. The van der Waals surface area contributed by atoms with Gasteiger partial charge >= 0.3 is 0 Å². The highest BCUT2D eigenvalue weighted by Gasteiger charge is 2.03. The van der Waals surface area contributed by atoms with Crippen molar-refractivity contribution in [2.45, 2.75) is 52.1 Å². The minimum Gasteiger partial charge on any atom is -0.389 e. The van der Waals surface area contributed by atoms with Gasteiger partial charge in [0.15, 0.2) is 0 Å². The van der Waals surface area contributed by atoms with Gasteiger partial charge in [-0.2, -0.15) is 5.26 Å². The Bertz CT molecular complexity index is 260. The van der Waals surface area contributed by atoms with E-state index in [0.29, 0.717) is 6.42 Å². The molecule has 0 aliphatic carbocycles. The number of nitriles is 1. The molecule has 1 atom stereocenters. The zero-order valence-electron chi connectivity index (χ0n) is 9.79. The van der Waals surface area contributed by atoms with Crippen LogP contribution in [0.15, 0.2) is 23.8 Å². The SMILES string of the molecule is C=C(C)C(O)CC/C(C)=C/CCCC#N. The fraction of sp³-hybridized carbons (Fsp3) is 0.615. The first-order valence-electron chi connectivity index (χ1n) is 5.44. The highest BCUT2D eigenvalue weighted by atomic mass is 16.3. The normalized spacial score (nSPS) is 13.3. The third kappa shape index (κ3) is 7.96. The Balaban J connectivity index is 3.68. The Labute approximate surface area is 92.9 Å². The van der Waals surface area contributed by atoms with Crippen molar-refractivity contribution in [3.8, 4) is 6.07 Å². The van der Waals surface area contributed by atoms with Gasteiger partial charge in [0.1, 0.15) is 0 Å². The zero-order chi connectivity index (χ0) is 11.7. The van der Waals surface area contributed by atoms with E-state index in [1.54, 1.807) is 0 Å². The van der Waals surface area contributed by atoms with Crippen molar-refractivity contribution in [1.82, 2.24) is 0 Å². The monoisotopic (exact) mass is 207 g/mol. The second-order valence-corrected chi connectivity index (χ2v) is 4.00. The molecule has 0 aromatic heterocycles. The fourth-order valence-electron chi connectivity index (χ4n) is 1.24. The van der Waals surface area contributed by atoms with E-state index in [9.17, 15) is 5.11 Å². The van der Waals surface area contributed by atoms with Gasteiger partial charge in [-0.25, -0.2) is 0 Å². The van der Waals surface area contributed by atoms with E-state index in [2.05, 4.69) is 25.6 Å². The summed E-state index contributed by atoms with van der Waals surface area (Å²) >= 11 is 0. The molecule has 0 bridgehead atoms. The van der Waals surface area contributed by atoms with Crippen LogP contribution in [0.25, 0.3) is 0 Å². The number of hydrogen-bond donors (Lipinski definition) is 1. The largest absolute Gasteiger partial charge is 0.389 e. The molecule has 1 unspecified atom stereocenters. The number of allylic oxidation sites excluding steroid dienone is 2. The molecule has 1 N–H and O–H groups in total. The van der Waals surface area contributed by atoms with E-state index < -0.39 is 0 Å². The lowest BCUT2D eigenvalue weighted by Gasteiger charge is -2.09. The summed E-state index contributed by atoms with van der Waals surface area (Å²) in [5.41, 5.74) is 2.11. The first kappa shape index (κ1) is 13.9. The zero-order valence-corrected chi connectivity index (χ0v) is 9.79. The van der Waals surface area contributed by atoms with Crippen molar-refractivity contribution in [2.75, 3.05) is 0 Å². The Morgan fingerprint density at radius 3 is 2.73 bits per heavy atom. The molecule has 0 fully saturated rings. The van der Waals surface area contributed by atoms with Gasteiger partial charge in [0.2, 0.25) is 0 Å². The Morgan fingerprint density at radius 2 is 2.20 bits per heavy atom. The summed E-state index contributed by atoms with van der Waals surface area (Å²) < 4.78 is 0. The van der Waals surface area contributed by atoms with E-state index in [-0.39, 0.29) is 6.10 Å². The van der Waals surface area contributed by atoms with Gasteiger partial charge in [-0.1, -0.05) is 23.8 Å². The van der Waals surface area contributed by atoms with E-state index in [1.807, 2.05) is 6.92 Å². The van der Waals surface area contributed by atoms with Crippen molar-refractivity contribution < 1.29 is 5.11 Å². The highest BCUT2D eigenvalue weighted by Crippen LogP contribution is 2.12. The first-order chi connectivity index (χ1) is 7.07. The van der Waals surface area contributed by atoms with Crippen molar-refractivity contribution in [1.29, 1.82) is 5.26 Å². The standard InChI is InChI=1S/C13H21NO/c1-11(2)13(15)9-8-12(3)7-5-4-6-10-14/h7,13,15H,1,4-6,8-9H2,2-3H3/b12-7+. The molecule has 0 saturated carbocycles. The van der Waals surface area contributed by atoms with E-state index in [4.69, 9.17) is 5.26 Å². The molecule has 0 spiro atoms. The number of nitrogens with zero attached hydrogens (tertiary/aromatic N) is 1. The molecule has 0 rings (SSSR count). The fourth-order valence-corrected chi connectivity index (χ4v) is 1.24. The smallest absolute Gasteiger partial charge is 0.0747 e. The quantitative estimate of drug-likeness (QED) is 0.514. The average molecular weight is 207 g/mol. The lowest BCUT2D eigenvalue weighted by Crippen LogP contribution is -2.06. The van der Waals surface area contributed by atoms with Crippen LogP contribution in [0.4, 0.5) is 0 Å². The van der Waals surface area contributed by atoms with E-state index in [1.165, 1.54) is 5.57 Å². The third-order valence-corrected chi connectivity index (χ3v) is 2.37. The van der Waals surface area contributed by atoms with Crippen molar-refractivity contribution in [3.63, 3.8) is 0 Å². The van der Waals surface area contributed by atoms with Gasteiger partial charge in [-0.3, -0.25) is 0 Å². The molecular formula is C13H21NO. The summed E-state index contributed by atoms with van der Waals surface area (Å²) in [5, 5.41) is 17.9. The summed E-state index contributed by atoms with van der Waals surface area (Å²) in [4.78, 5) is 0. The molecule has 0 aromatic rings. The lowest BCUT2D eigenvalue weighted by molar-refractivity contribution is 0.201. The van der Waals surface area contributed by atoms with Gasteiger partial charge in [-0.15, -0.1) is 0 Å². The topological polar surface area (TPSA) is 44.0 Å². The molecule has 84 valence electrons. The van der Waals surface area contributed by atoms with Crippen LogP contribution in [-0.2, 0) is 0 Å².